The zero-order chi connectivity index (χ0) is 16.7. The monoisotopic (exact) mass is 356 g/mol. The van der Waals surface area contributed by atoms with Crippen LogP contribution in [0, 0.1) is 5.82 Å². The van der Waals surface area contributed by atoms with Gasteiger partial charge in [-0.1, -0.05) is 23.2 Å². The van der Waals surface area contributed by atoms with Gasteiger partial charge in [0, 0.05) is 12.1 Å². The Hall–Kier alpha value is -2.12. The van der Waals surface area contributed by atoms with Crippen LogP contribution < -0.4 is 5.73 Å². The quantitative estimate of drug-likeness (QED) is 0.675. The van der Waals surface area contributed by atoms with Crippen LogP contribution in [0.3, 0.4) is 0 Å². The molecule has 0 saturated carbocycles. The van der Waals surface area contributed by atoms with Crippen molar-refractivity contribution in [2.45, 2.75) is 13.1 Å². The van der Waals surface area contributed by atoms with Crippen molar-refractivity contribution in [1.82, 2.24) is 14.7 Å². The zero-order valence-corrected chi connectivity index (χ0v) is 13.2. The van der Waals surface area contributed by atoms with Crippen molar-refractivity contribution in [3.8, 4) is 11.3 Å². The Morgan fingerprint density at radius 1 is 1.30 bits per heavy atom. The van der Waals surface area contributed by atoms with E-state index in [1.54, 1.807) is 4.68 Å². The molecule has 1 aromatic heterocycles. The number of rotatable bonds is 3. The van der Waals surface area contributed by atoms with E-state index >= 15 is 0 Å². The molecule has 0 fully saturated rings. The maximum atomic E-state index is 13.6. The Morgan fingerprint density at radius 2 is 1.96 bits per heavy atom. The third kappa shape index (κ3) is 2.66. The van der Waals surface area contributed by atoms with E-state index < -0.39 is 11.7 Å². The number of halogens is 3. The second-order valence-corrected chi connectivity index (χ2v) is 5.90. The number of nitrogens with zero attached hydrogens (tertiary/aromatic N) is 3. The van der Waals surface area contributed by atoms with Crippen LogP contribution in [0.2, 0.25) is 10.0 Å². The highest BCUT2D eigenvalue weighted by Gasteiger charge is 2.27. The maximum Gasteiger partial charge on any atom is 0.252 e. The summed E-state index contributed by atoms with van der Waals surface area (Å²) in [6.07, 6.45) is 0.701. The molecule has 2 N–H and O–H groups in total. The van der Waals surface area contributed by atoms with E-state index in [1.807, 2.05) is 0 Å². The molecule has 1 aliphatic rings. The summed E-state index contributed by atoms with van der Waals surface area (Å²) in [5.74, 6) is -1.43. The van der Waals surface area contributed by atoms with Crippen LogP contribution >= 0.6 is 23.2 Å². The summed E-state index contributed by atoms with van der Waals surface area (Å²) in [4.78, 5) is 24.4. The van der Waals surface area contributed by atoms with Crippen LogP contribution in [-0.2, 0) is 17.9 Å². The van der Waals surface area contributed by atoms with Crippen molar-refractivity contribution in [2.75, 3.05) is 6.54 Å². The molecule has 0 bridgehead atoms. The Morgan fingerprint density at radius 3 is 2.52 bits per heavy atom. The topological polar surface area (TPSA) is 81.2 Å². The fraction of sp³-hybridized carbons (Fsp3) is 0.214. The number of hydrogen-bond acceptors (Lipinski definition) is 3. The van der Waals surface area contributed by atoms with E-state index in [-0.39, 0.29) is 27.8 Å². The fourth-order valence-corrected chi connectivity index (χ4v) is 3.07. The molecule has 120 valence electrons. The van der Waals surface area contributed by atoms with Crippen LogP contribution in [0.5, 0.6) is 0 Å². The van der Waals surface area contributed by atoms with Crippen molar-refractivity contribution >= 4 is 35.5 Å². The van der Waals surface area contributed by atoms with Gasteiger partial charge in [0.1, 0.15) is 5.69 Å². The predicted octanol–water partition coefficient (Wildman–Crippen LogP) is 2.07. The van der Waals surface area contributed by atoms with Crippen LogP contribution in [0.15, 0.2) is 12.1 Å². The van der Waals surface area contributed by atoms with Gasteiger partial charge in [-0.05, 0) is 12.1 Å². The first-order chi connectivity index (χ1) is 10.9. The molecule has 0 radical (unpaired) electrons. The molecule has 0 spiro atoms. The molecule has 0 aliphatic carbocycles. The van der Waals surface area contributed by atoms with E-state index in [0.717, 1.165) is 0 Å². The van der Waals surface area contributed by atoms with Crippen molar-refractivity contribution in [1.29, 1.82) is 0 Å². The van der Waals surface area contributed by atoms with E-state index in [0.29, 0.717) is 30.8 Å². The third-order valence-corrected chi connectivity index (χ3v) is 4.21. The summed E-state index contributed by atoms with van der Waals surface area (Å²) in [5, 5.41) is 4.00. The van der Waals surface area contributed by atoms with Gasteiger partial charge in [-0.25, -0.2) is 4.39 Å². The molecule has 0 unspecified atom stereocenters. The number of nitrogens with two attached hydrogens (primary N) is 1. The van der Waals surface area contributed by atoms with Crippen LogP contribution in [-0.4, -0.2) is 33.5 Å². The Bertz CT molecular complexity index is 798. The van der Waals surface area contributed by atoms with E-state index in [2.05, 4.69) is 5.10 Å². The second-order valence-electron chi connectivity index (χ2n) is 5.09. The lowest BCUT2D eigenvalue weighted by Gasteiger charge is -2.24. The number of primary amides is 1. The first-order valence-electron chi connectivity index (χ1n) is 6.66. The molecule has 0 saturated heterocycles. The minimum Gasteiger partial charge on any atom is -0.365 e. The molecule has 9 heteroatoms. The molecule has 1 aromatic carbocycles. The van der Waals surface area contributed by atoms with Crippen LogP contribution in [0.1, 0.15) is 16.1 Å². The van der Waals surface area contributed by atoms with Crippen molar-refractivity contribution < 1.29 is 14.0 Å². The highest BCUT2D eigenvalue weighted by atomic mass is 35.5. The highest BCUT2D eigenvalue weighted by molar-refractivity contribution is 6.35. The lowest BCUT2D eigenvalue weighted by molar-refractivity contribution is -0.119. The van der Waals surface area contributed by atoms with E-state index in [4.69, 9.17) is 28.9 Å². The number of benzene rings is 1. The Balaban J connectivity index is 2.19. The van der Waals surface area contributed by atoms with Gasteiger partial charge in [0.25, 0.3) is 5.91 Å². The molecule has 0 atom stereocenters. The second kappa shape index (κ2) is 5.82. The van der Waals surface area contributed by atoms with Gasteiger partial charge >= 0.3 is 0 Å². The zero-order valence-electron chi connectivity index (χ0n) is 11.7. The van der Waals surface area contributed by atoms with Gasteiger partial charge in [-0.15, -0.1) is 0 Å². The van der Waals surface area contributed by atoms with E-state index in [1.165, 1.54) is 17.0 Å². The highest BCUT2D eigenvalue weighted by Crippen LogP contribution is 2.33. The lowest BCUT2D eigenvalue weighted by Crippen LogP contribution is -2.34. The fourth-order valence-electron chi connectivity index (χ4n) is 2.58. The predicted molar refractivity (Wildman–Crippen MR) is 82.6 cm³/mol. The van der Waals surface area contributed by atoms with Gasteiger partial charge in [-0.2, -0.15) is 5.10 Å². The minimum atomic E-state index is -0.742. The van der Waals surface area contributed by atoms with Gasteiger partial charge < -0.3 is 10.6 Å². The molecule has 2 aromatic rings. The average Bonchev–Trinajstić information content (AvgIpc) is 2.90. The summed E-state index contributed by atoms with van der Waals surface area (Å²) < 4.78 is 15.2. The normalized spacial score (nSPS) is 13.8. The third-order valence-electron chi connectivity index (χ3n) is 3.66. The summed E-state index contributed by atoms with van der Waals surface area (Å²) in [7, 11) is 0. The first-order valence-corrected chi connectivity index (χ1v) is 7.41. The molecule has 3 rings (SSSR count). The van der Waals surface area contributed by atoms with Crippen LogP contribution in [0.4, 0.5) is 4.39 Å². The number of amides is 2. The van der Waals surface area contributed by atoms with Gasteiger partial charge in [-0.3, -0.25) is 14.3 Å². The molecule has 1 aliphatic heterocycles. The van der Waals surface area contributed by atoms with Gasteiger partial charge in [0.2, 0.25) is 6.41 Å². The number of carbonyl (C=O) groups excluding carboxylic acids is 2. The van der Waals surface area contributed by atoms with Crippen molar-refractivity contribution in [2.24, 2.45) is 5.73 Å². The smallest absolute Gasteiger partial charge is 0.252 e. The number of fused-ring (bicyclic) bond motifs is 1. The van der Waals surface area contributed by atoms with Crippen molar-refractivity contribution in [3.63, 3.8) is 0 Å². The molecule has 2 heterocycles. The standard InChI is InChI=1S/C14H11Cl2FN4O2/c15-8-3-7(4-9(16)12(8)17)13-11(14(18)23)10-5-20(6-22)1-2-21(10)19-13/h3-4,6H,1-2,5H2,(H2,18,23). The number of hydrogen-bond donors (Lipinski definition) is 1. The summed E-state index contributed by atoms with van der Waals surface area (Å²) in [6, 6.07) is 2.67. The van der Waals surface area contributed by atoms with Gasteiger partial charge in [0.05, 0.1) is 34.4 Å². The summed E-state index contributed by atoms with van der Waals surface area (Å²) in [5.41, 5.74) is 6.83. The Kier molecular flexibility index (Phi) is 3.99. The Labute approximate surface area is 140 Å². The average molecular weight is 357 g/mol. The largest absolute Gasteiger partial charge is 0.365 e. The minimum absolute atomic E-state index is 0.176. The molecule has 23 heavy (non-hydrogen) atoms. The van der Waals surface area contributed by atoms with Gasteiger partial charge in [0.15, 0.2) is 5.82 Å². The number of aromatic nitrogens is 2. The van der Waals surface area contributed by atoms with E-state index in [9.17, 15) is 14.0 Å². The maximum absolute atomic E-state index is 13.6. The molecule has 2 amide bonds. The van der Waals surface area contributed by atoms with Crippen molar-refractivity contribution in [3.05, 3.63) is 39.3 Å². The SMILES string of the molecule is NC(=O)c1c(-c2cc(Cl)c(F)c(Cl)c2)nn2c1CN(C=O)CC2. The molecular weight excluding hydrogens is 346 g/mol. The molecule has 6 nitrogen and oxygen atoms in total. The summed E-state index contributed by atoms with van der Waals surface area (Å²) in [6.45, 7) is 1.12. The van der Waals surface area contributed by atoms with Crippen LogP contribution in [0.25, 0.3) is 11.3 Å². The first kappa shape index (κ1) is 15.8. The molecular formula is C14H11Cl2FN4O2. The number of carbonyl (C=O) groups is 2. The lowest BCUT2D eigenvalue weighted by atomic mass is 10.0. The summed E-state index contributed by atoms with van der Waals surface area (Å²) >= 11 is 11.6.